The lowest BCUT2D eigenvalue weighted by Gasteiger charge is -2.17. The largest absolute Gasteiger partial charge is 0.271 e. The summed E-state index contributed by atoms with van der Waals surface area (Å²) >= 11 is 51.5. The lowest BCUT2D eigenvalue weighted by Crippen LogP contribution is -2.25. The Hall–Kier alpha value is -1.26. The number of carbonyl (C=O) groups excluding carboxylic acids is 6. The molecule has 0 spiro atoms. The van der Waals surface area contributed by atoms with Gasteiger partial charge in [0.15, 0.2) is 0 Å². The van der Waals surface area contributed by atoms with Crippen molar-refractivity contribution in [3.05, 3.63) is 106 Å². The third kappa shape index (κ3) is 9.54. The van der Waals surface area contributed by atoms with E-state index in [1.165, 1.54) is 0 Å². The number of amides is 6. The van der Waals surface area contributed by atoms with Crippen molar-refractivity contribution in [2.24, 2.45) is 0 Å². The molecule has 0 radical (unpaired) electrons. The zero-order chi connectivity index (χ0) is 35.8. The van der Waals surface area contributed by atoms with E-state index in [4.69, 9.17) is 104 Å². The second-order valence-electron chi connectivity index (χ2n) is 8.96. The molecule has 9 nitrogen and oxygen atoms in total. The van der Waals surface area contributed by atoms with Crippen LogP contribution < -0.4 is 0 Å². The minimum absolute atomic E-state index is 0.328. The molecule has 21 heteroatoms. The molecule has 252 valence electrons. The van der Waals surface area contributed by atoms with Crippen LogP contribution in [0.4, 0.5) is 0 Å². The van der Waals surface area contributed by atoms with Gasteiger partial charge in [-0.3, -0.25) is 28.8 Å². The Labute approximate surface area is 330 Å². The first kappa shape index (κ1) is 39.5. The lowest BCUT2D eigenvalue weighted by atomic mass is 10.1. The molecule has 0 atom stereocenters. The van der Waals surface area contributed by atoms with Crippen molar-refractivity contribution in [1.82, 2.24) is 12.9 Å². The molecule has 0 N–H and O–H groups in total. The minimum atomic E-state index is -1.74. The fourth-order valence-electron chi connectivity index (χ4n) is 4.06. The number of benzene rings is 3. The predicted molar refractivity (Wildman–Crippen MR) is 194 cm³/mol. The van der Waals surface area contributed by atoms with Gasteiger partial charge < -0.3 is 0 Å². The molecular formula is C27H12Cl9N3O6S3. The van der Waals surface area contributed by atoms with Gasteiger partial charge in [0.1, 0.15) is 0 Å². The standard InChI is InChI=1S/3C9H4Cl3NO2S/c3*10-9(11,12)16-13-7(14)5-3-1-2-4-6(5)8(13)15/h3*1-4H. The summed E-state index contributed by atoms with van der Waals surface area (Å²) < 4.78 is -2.65. The molecule has 0 aromatic heterocycles. The van der Waals surface area contributed by atoms with Gasteiger partial charge in [-0.25, -0.2) is 12.9 Å². The number of hydrogen-bond acceptors (Lipinski definition) is 9. The van der Waals surface area contributed by atoms with Crippen LogP contribution in [0.15, 0.2) is 72.8 Å². The van der Waals surface area contributed by atoms with Crippen LogP contribution >= 0.6 is 140 Å². The molecule has 0 aliphatic carbocycles. The Kier molecular flexibility index (Phi) is 12.8. The maximum Gasteiger partial charge on any atom is 0.271 e. The monoisotopic (exact) mass is 885 g/mol. The van der Waals surface area contributed by atoms with Gasteiger partial charge in [-0.2, -0.15) is 0 Å². The van der Waals surface area contributed by atoms with Crippen LogP contribution in [0.5, 0.6) is 0 Å². The van der Waals surface area contributed by atoms with Crippen molar-refractivity contribution in [2.75, 3.05) is 0 Å². The van der Waals surface area contributed by atoms with Crippen LogP contribution in [0, 0.1) is 0 Å². The van der Waals surface area contributed by atoms with Gasteiger partial charge in [-0.05, 0) is 36.4 Å². The average molecular weight is 890 g/mol. The van der Waals surface area contributed by atoms with E-state index in [2.05, 4.69) is 0 Å². The van der Waals surface area contributed by atoms with E-state index in [0.717, 1.165) is 12.9 Å². The molecule has 0 saturated carbocycles. The van der Waals surface area contributed by atoms with E-state index >= 15 is 0 Å². The van der Waals surface area contributed by atoms with Gasteiger partial charge in [-0.1, -0.05) is 141 Å². The maximum absolute atomic E-state index is 11.8. The van der Waals surface area contributed by atoms with Crippen molar-refractivity contribution in [3.63, 3.8) is 0 Å². The summed E-state index contributed by atoms with van der Waals surface area (Å²) in [6.07, 6.45) is 0. The normalized spacial score (nSPS) is 15.6. The van der Waals surface area contributed by atoms with Crippen LogP contribution in [-0.2, 0) is 0 Å². The SMILES string of the molecule is O=C1c2ccccc2C(=O)N1SC(Cl)(Cl)Cl.O=C1c2ccccc2C(=O)N1SC(Cl)(Cl)Cl.O=C1c2ccccc2C(=O)N1SC(Cl)(Cl)Cl. The Morgan fingerprint density at radius 1 is 0.333 bits per heavy atom. The number of halogens is 9. The Bertz CT molecular complexity index is 1520. The highest BCUT2D eigenvalue weighted by Crippen LogP contribution is 2.46. The Morgan fingerprint density at radius 3 is 0.604 bits per heavy atom. The highest BCUT2D eigenvalue weighted by molar-refractivity contribution is 8.04. The molecule has 0 fully saturated rings. The quantitative estimate of drug-likeness (QED) is 0.144. The van der Waals surface area contributed by atoms with Crippen LogP contribution in [0.3, 0.4) is 0 Å². The van der Waals surface area contributed by atoms with Crippen molar-refractivity contribution in [2.45, 2.75) is 9.37 Å². The summed E-state index contributed by atoms with van der Waals surface area (Å²) in [5.74, 6) is -2.77. The number of nitrogens with zero attached hydrogens (tertiary/aromatic N) is 3. The van der Waals surface area contributed by atoms with Gasteiger partial charge in [0.2, 0.25) is 0 Å². The number of hydrogen-bond donors (Lipinski definition) is 0. The van der Waals surface area contributed by atoms with E-state index < -0.39 is 44.8 Å². The van der Waals surface area contributed by atoms with Crippen LogP contribution in [-0.4, -0.2) is 57.7 Å². The highest BCUT2D eigenvalue weighted by atomic mass is 35.6. The second kappa shape index (κ2) is 15.5. The Balaban J connectivity index is 0.000000163. The van der Waals surface area contributed by atoms with E-state index in [9.17, 15) is 28.8 Å². The fraction of sp³-hybridized carbons (Fsp3) is 0.111. The van der Waals surface area contributed by atoms with Gasteiger partial charge in [0.05, 0.1) is 33.4 Å². The summed E-state index contributed by atoms with van der Waals surface area (Å²) in [6.45, 7) is 0. The van der Waals surface area contributed by atoms with E-state index in [0.29, 0.717) is 69.2 Å². The molecule has 6 rings (SSSR count). The van der Waals surface area contributed by atoms with Gasteiger partial charge in [0, 0.05) is 35.8 Å². The van der Waals surface area contributed by atoms with Crippen LogP contribution in [0.2, 0.25) is 0 Å². The smallest absolute Gasteiger partial charge is 0.268 e. The molecular weight excluding hydrogens is 878 g/mol. The molecule has 6 amide bonds. The van der Waals surface area contributed by atoms with Crippen molar-refractivity contribution in [1.29, 1.82) is 0 Å². The van der Waals surface area contributed by atoms with Crippen molar-refractivity contribution in [3.8, 4) is 0 Å². The van der Waals surface area contributed by atoms with Crippen molar-refractivity contribution >= 4 is 176 Å². The summed E-state index contributed by atoms with van der Waals surface area (Å²) in [5.41, 5.74) is 1.97. The zero-order valence-electron chi connectivity index (χ0n) is 22.8. The van der Waals surface area contributed by atoms with E-state index in [1.807, 2.05) is 0 Å². The number of imide groups is 3. The molecule has 0 unspecified atom stereocenters. The first-order chi connectivity index (χ1) is 22.2. The molecule has 3 aliphatic heterocycles. The number of carbonyl (C=O) groups is 6. The van der Waals surface area contributed by atoms with Gasteiger partial charge in [-0.15, -0.1) is 0 Å². The predicted octanol–water partition coefficient (Wildman–Crippen LogP) is 9.78. The Morgan fingerprint density at radius 2 is 0.479 bits per heavy atom. The summed E-state index contributed by atoms with van der Waals surface area (Å²) in [5, 5.41) is 0. The summed E-state index contributed by atoms with van der Waals surface area (Å²) in [4.78, 5) is 70.8. The minimum Gasteiger partial charge on any atom is -0.268 e. The first-order valence-electron chi connectivity index (χ1n) is 12.4. The van der Waals surface area contributed by atoms with Gasteiger partial charge in [0.25, 0.3) is 44.8 Å². The van der Waals surface area contributed by atoms with Gasteiger partial charge >= 0.3 is 0 Å². The summed E-state index contributed by atoms with van der Waals surface area (Å²) in [6, 6.07) is 19.4. The molecule has 48 heavy (non-hydrogen) atoms. The first-order valence-corrected chi connectivity index (χ1v) is 18.1. The van der Waals surface area contributed by atoms with E-state index in [1.54, 1.807) is 72.8 Å². The topological polar surface area (TPSA) is 112 Å². The summed E-state index contributed by atoms with van der Waals surface area (Å²) in [7, 11) is 0. The highest BCUT2D eigenvalue weighted by Gasteiger charge is 2.43. The molecule has 0 saturated heterocycles. The zero-order valence-corrected chi connectivity index (χ0v) is 32.1. The molecule has 3 aliphatic rings. The molecule has 3 aromatic carbocycles. The fourth-order valence-corrected chi connectivity index (χ4v) is 7.63. The average Bonchev–Trinajstić information content (AvgIpc) is 3.48. The molecule has 0 bridgehead atoms. The number of fused-ring (bicyclic) bond motifs is 3. The number of alkyl halides is 9. The third-order valence-corrected chi connectivity index (χ3v) is 9.88. The molecule has 3 heterocycles. The van der Waals surface area contributed by atoms with Crippen LogP contribution in [0.25, 0.3) is 0 Å². The number of rotatable bonds is 3. The third-order valence-electron chi connectivity index (χ3n) is 5.85. The van der Waals surface area contributed by atoms with Crippen LogP contribution in [0.1, 0.15) is 62.1 Å². The second-order valence-corrected chi connectivity index (χ2v) is 21.3. The molecule has 3 aromatic rings. The van der Waals surface area contributed by atoms with Crippen molar-refractivity contribution < 1.29 is 28.8 Å². The lowest BCUT2D eigenvalue weighted by molar-refractivity contribution is 0.0760. The van der Waals surface area contributed by atoms with E-state index in [-0.39, 0.29) is 0 Å². The maximum atomic E-state index is 11.8.